The maximum Gasteiger partial charge on any atom is 0.221 e. The zero-order valence-electron chi connectivity index (χ0n) is 17.0. The van der Waals surface area contributed by atoms with Gasteiger partial charge in [-0.25, -0.2) is 18.4 Å². The van der Waals surface area contributed by atoms with Crippen molar-refractivity contribution in [1.29, 1.82) is 0 Å². The maximum absolute atomic E-state index is 13.5. The van der Waals surface area contributed by atoms with Crippen LogP contribution in [0.25, 0.3) is 33.1 Å². The third-order valence-electron chi connectivity index (χ3n) is 5.39. The molecule has 8 nitrogen and oxygen atoms in total. The van der Waals surface area contributed by atoms with Crippen molar-refractivity contribution in [3.63, 3.8) is 0 Å². The number of benzene rings is 2. The molecule has 6 rings (SSSR count). The predicted molar refractivity (Wildman–Crippen MR) is 131 cm³/mol. The fourth-order valence-electron chi connectivity index (χ4n) is 3.84. The SMILES string of the molecule is Nc1c(S(=O)(=O)c2cccs2)c2nc3ccccc3nc2n1N=Cc1c[nH]c2ccccc12. The quantitative estimate of drug-likeness (QED) is 0.368. The van der Waals surface area contributed by atoms with Crippen LogP contribution in [0, 0.1) is 0 Å². The summed E-state index contributed by atoms with van der Waals surface area (Å²) >= 11 is 1.12. The highest BCUT2D eigenvalue weighted by Gasteiger charge is 2.31. The summed E-state index contributed by atoms with van der Waals surface area (Å²) in [6.45, 7) is 0. The zero-order valence-corrected chi connectivity index (χ0v) is 18.6. The average Bonchev–Trinajstić information content (AvgIpc) is 3.55. The average molecular weight is 473 g/mol. The largest absolute Gasteiger partial charge is 0.382 e. The number of nitrogens with two attached hydrogens (primary N) is 1. The number of nitrogens with one attached hydrogen (secondary N) is 1. The van der Waals surface area contributed by atoms with Gasteiger partial charge in [0.05, 0.1) is 17.2 Å². The number of hydrogen-bond acceptors (Lipinski definition) is 7. The van der Waals surface area contributed by atoms with Crippen molar-refractivity contribution in [2.45, 2.75) is 9.10 Å². The van der Waals surface area contributed by atoms with Crippen LogP contribution < -0.4 is 5.73 Å². The second-order valence-corrected chi connectivity index (χ2v) is 10.4. The van der Waals surface area contributed by atoms with Gasteiger partial charge in [0.2, 0.25) is 9.84 Å². The molecule has 0 radical (unpaired) electrons. The summed E-state index contributed by atoms with van der Waals surface area (Å²) in [5.41, 5.74) is 9.87. The van der Waals surface area contributed by atoms with Gasteiger partial charge in [0.1, 0.15) is 20.4 Å². The van der Waals surface area contributed by atoms with Crippen molar-refractivity contribution >= 4 is 66.3 Å². The van der Waals surface area contributed by atoms with E-state index in [0.29, 0.717) is 11.0 Å². The van der Waals surface area contributed by atoms with E-state index >= 15 is 0 Å². The van der Waals surface area contributed by atoms with E-state index in [0.717, 1.165) is 27.8 Å². The van der Waals surface area contributed by atoms with Gasteiger partial charge >= 0.3 is 0 Å². The normalized spacial score (nSPS) is 12.5. The van der Waals surface area contributed by atoms with Crippen LogP contribution in [0.1, 0.15) is 5.56 Å². The number of fused-ring (bicyclic) bond motifs is 3. The molecular formula is C23H16N6O2S2. The highest BCUT2D eigenvalue weighted by molar-refractivity contribution is 7.93. The molecule has 0 aliphatic rings. The molecule has 33 heavy (non-hydrogen) atoms. The molecule has 0 spiro atoms. The molecule has 3 N–H and O–H groups in total. The van der Waals surface area contributed by atoms with E-state index in [1.54, 1.807) is 29.8 Å². The van der Waals surface area contributed by atoms with Crippen molar-refractivity contribution in [3.05, 3.63) is 77.8 Å². The van der Waals surface area contributed by atoms with Crippen LogP contribution in [-0.2, 0) is 9.84 Å². The van der Waals surface area contributed by atoms with Crippen LogP contribution in [0.5, 0.6) is 0 Å². The van der Waals surface area contributed by atoms with Gasteiger partial charge < -0.3 is 10.7 Å². The topological polar surface area (TPSA) is 119 Å². The van der Waals surface area contributed by atoms with Gasteiger partial charge in [-0.15, -0.1) is 11.3 Å². The first-order valence-electron chi connectivity index (χ1n) is 10.00. The summed E-state index contributed by atoms with van der Waals surface area (Å²) in [6.07, 6.45) is 3.47. The van der Waals surface area contributed by atoms with E-state index in [9.17, 15) is 8.42 Å². The molecule has 10 heteroatoms. The minimum absolute atomic E-state index is 0.0372. The molecule has 4 heterocycles. The summed E-state index contributed by atoms with van der Waals surface area (Å²) in [5, 5.41) is 7.22. The van der Waals surface area contributed by atoms with E-state index in [2.05, 4.69) is 20.1 Å². The fourth-order valence-corrected chi connectivity index (χ4v) is 6.43. The third-order valence-corrected chi connectivity index (χ3v) is 8.61. The standard InChI is InChI=1S/C23H16N6O2S2/c24-22-21(33(30,31)19-10-5-11-32-19)20-23(28-18-9-4-3-8-17(18)27-20)29(22)26-13-14-12-25-16-7-2-1-6-15(14)16/h1-13,25H,24H2. The van der Waals surface area contributed by atoms with Gasteiger partial charge in [0, 0.05) is 22.7 Å². The van der Waals surface area contributed by atoms with Gasteiger partial charge in [-0.05, 0) is 29.6 Å². The lowest BCUT2D eigenvalue weighted by atomic mass is 10.2. The van der Waals surface area contributed by atoms with Crippen molar-refractivity contribution in [3.8, 4) is 0 Å². The highest BCUT2D eigenvalue weighted by Crippen LogP contribution is 2.36. The number of H-pyrrole nitrogens is 1. The van der Waals surface area contributed by atoms with Crippen LogP contribution >= 0.6 is 11.3 Å². The molecule has 0 aliphatic carbocycles. The van der Waals surface area contributed by atoms with E-state index in [4.69, 9.17) is 5.73 Å². The number of para-hydroxylation sites is 3. The number of nitrogen functional groups attached to an aromatic ring is 1. The van der Waals surface area contributed by atoms with Gasteiger partial charge in [-0.1, -0.05) is 36.4 Å². The number of nitrogens with zero attached hydrogens (tertiary/aromatic N) is 4. The summed E-state index contributed by atoms with van der Waals surface area (Å²) in [5.74, 6) is -0.0372. The Hall–Kier alpha value is -4.02. The molecule has 6 aromatic rings. The van der Waals surface area contributed by atoms with E-state index < -0.39 is 9.84 Å². The summed E-state index contributed by atoms with van der Waals surface area (Å²) in [6, 6.07) is 18.3. The molecule has 0 saturated carbocycles. The van der Waals surface area contributed by atoms with Crippen LogP contribution in [0.2, 0.25) is 0 Å². The number of aromatic nitrogens is 4. The second kappa shape index (κ2) is 7.26. The number of hydrogen-bond donors (Lipinski definition) is 2. The minimum atomic E-state index is -3.92. The molecule has 162 valence electrons. The van der Waals surface area contributed by atoms with Crippen molar-refractivity contribution in [2.75, 3.05) is 5.73 Å². The monoisotopic (exact) mass is 472 g/mol. The van der Waals surface area contributed by atoms with Crippen molar-refractivity contribution < 1.29 is 8.42 Å². The Kier molecular flexibility index (Phi) is 4.32. The van der Waals surface area contributed by atoms with Crippen molar-refractivity contribution in [1.82, 2.24) is 19.6 Å². The summed E-state index contributed by atoms with van der Waals surface area (Å²) in [7, 11) is -3.92. The summed E-state index contributed by atoms with van der Waals surface area (Å²) in [4.78, 5) is 12.4. The number of rotatable bonds is 4. The van der Waals surface area contributed by atoms with Gasteiger partial charge in [0.25, 0.3) is 0 Å². The Bertz CT molecular complexity index is 1800. The Labute approximate surface area is 191 Å². The van der Waals surface area contributed by atoms with E-state index in [-0.39, 0.29) is 26.1 Å². The Morgan fingerprint density at radius 1 is 1.00 bits per heavy atom. The number of aromatic amines is 1. The lowest BCUT2D eigenvalue weighted by molar-refractivity contribution is 0.599. The van der Waals surface area contributed by atoms with Gasteiger partial charge in [-0.2, -0.15) is 9.78 Å². The Morgan fingerprint density at radius 2 is 1.76 bits per heavy atom. The molecule has 0 fully saturated rings. The second-order valence-electron chi connectivity index (χ2n) is 7.38. The first-order valence-corrected chi connectivity index (χ1v) is 12.4. The molecule has 0 amide bonds. The molecule has 2 aromatic carbocycles. The number of sulfone groups is 1. The smallest absolute Gasteiger partial charge is 0.221 e. The molecular weight excluding hydrogens is 456 g/mol. The third kappa shape index (κ3) is 3.03. The molecule has 0 atom stereocenters. The number of anilines is 1. The molecule has 0 aliphatic heterocycles. The first kappa shape index (κ1) is 19.6. The molecule has 0 saturated heterocycles. The van der Waals surface area contributed by atoms with Gasteiger partial charge in [-0.3, -0.25) is 0 Å². The summed E-state index contributed by atoms with van der Waals surface area (Å²) < 4.78 is 28.5. The fraction of sp³-hybridized carbons (Fsp3) is 0. The van der Waals surface area contributed by atoms with Gasteiger partial charge in [0.15, 0.2) is 5.65 Å². The van der Waals surface area contributed by atoms with Crippen LogP contribution in [0.3, 0.4) is 0 Å². The highest BCUT2D eigenvalue weighted by atomic mass is 32.2. The van der Waals surface area contributed by atoms with E-state index in [1.165, 1.54) is 4.68 Å². The lowest BCUT2D eigenvalue weighted by Crippen LogP contribution is -2.05. The zero-order chi connectivity index (χ0) is 22.6. The predicted octanol–water partition coefficient (Wildman–Crippen LogP) is 4.42. The first-order chi connectivity index (χ1) is 16.0. The van der Waals surface area contributed by atoms with Crippen LogP contribution in [0.4, 0.5) is 5.82 Å². The van der Waals surface area contributed by atoms with Crippen LogP contribution in [-0.4, -0.2) is 34.3 Å². The Balaban J connectivity index is 1.63. The lowest BCUT2D eigenvalue weighted by Gasteiger charge is -2.02. The Morgan fingerprint density at radius 3 is 2.55 bits per heavy atom. The minimum Gasteiger partial charge on any atom is -0.382 e. The molecule has 0 unspecified atom stereocenters. The molecule has 4 aromatic heterocycles. The van der Waals surface area contributed by atoms with Crippen molar-refractivity contribution in [2.24, 2.45) is 5.10 Å². The van der Waals surface area contributed by atoms with E-state index in [1.807, 2.05) is 48.7 Å². The van der Waals surface area contributed by atoms with Crippen LogP contribution in [0.15, 0.2) is 86.4 Å². The maximum atomic E-state index is 13.5. The number of thiophene rings is 1. The molecule has 0 bridgehead atoms.